The number of fused-ring (bicyclic) bond motifs is 1. The summed E-state index contributed by atoms with van der Waals surface area (Å²) in [7, 11) is -2.67. The molecule has 3 nitrogen and oxygen atoms in total. The van der Waals surface area contributed by atoms with Gasteiger partial charge in [0.25, 0.3) is 0 Å². The minimum absolute atomic E-state index is 0.413. The molecule has 0 aliphatic heterocycles. The lowest BCUT2D eigenvalue weighted by molar-refractivity contribution is 0.585. The zero-order chi connectivity index (χ0) is 14.8. The van der Waals surface area contributed by atoms with Gasteiger partial charge in [0.2, 0.25) is 0 Å². The van der Waals surface area contributed by atoms with E-state index in [9.17, 15) is 4.57 Å². The average Bonchev–Trinajstić information content (AvgIpc) is 2.39. The largest absolute Gasteiger partial charge is 0.398 e. The fourth-order valence-electron chi connectivity index (χ4n) is 2.44. The first-order chi connectivity index (χ1) is 9.51. The number of nitrogens with two attached hydrogens (primary N) is 1. The van der Waals surface area contributed by atoms with Gasteiger partial charge in [0.05, 0.1) is 5.52 Å². The molecular formula is C16H19N2OP. The van der Waals surface area contributed by atoms with Crippen LogP contribution in [-0.2, 0) is 4.57 Å². The molecule has 0 fully saturated rings. The van der Waals surface area contributed by atoms with Gasteiger partial charge in [-0.25, -0.2) is 0 Å². The summed E-state index contributed by atoms with van der Waals surface area (Å²) in [5.41, 5.74) is 8.40. The van der Waals surface area contributed by atoms with Crippen LogP contribution in [0.4, 0.5) is 5.69 Å². The van der Waals surface area contributed by atoms with E-state index in [1.54, 1.807) is 18.2 Å². The second-order valence-corrected chi connectivity index (χ2v) is 7.81. The quantitative estimate of drug-likeness (QED) is 0.520. The maximum atomic E-state index is 13.3. The number of pyridine rings is 1. The Kier molecular flexibility index (Phi) is 4.10. The van der Waals surface area contributed by atoms with Crippen molar-refractivity contribution in [2.24, 2.45) is 0 Å². The molecule has 0 spiro atoms. The van der Waals surface area contributed by atoms with Crippen LogP contribution in [0.5, 0.6) is 0 Å². The van der Waals surface area contributed by atoms with Gasteiger partial charge >= 0.3 is 0 Å². The smallest absolute Gasteiger partial charge is 0.125 e. The summed E-state index contributed by atoms with van der Waals surface area (Å²) in [6, 6.07) is 7.51. The SMILES string of the molecule is C=CCP(=O)(CC=C)c1c(N)ccc2nc(C)ccc12. The minimum atomic E-state index is -2.67. The Hall–Kier alpha value is -1.86. The third-order valence-electron chi connectivity index (χ3n) is 3.27. The number of rotatable bonds is 5. The monoisotopic (exact) mass is 286 g/mol. The van der Waals surface area contributed by atoms with Crippen molar-refractivity contribution in [1.82, 2.24) is 4.98 Å². The summed E-state index contributed by atoms with van der Waals surface area (Å²) < 4.78 is 13.3. The molecule has 2 N–H and O–H groups in total. The topological polar surface area (TPSA) is 56.0 Å². The third kappa shape index (κ3) is 2.54. The van der Waals surface area contributed by atoms with Gasteiger partial charge in [-0.2, -0.15) is 0 Å². The zero-order valence-electron chi connectivity index (χ0n) is 11.7. The van der Waals surface area contributed by atoms with E-state index in [2.05, 4.69) is 18.1 Å². The van der Waals surface area contributed by atoms with Crippen LogP contribution in [0.1, 0.15) is 5.69 Å². The highest BCUT2D eigenvalue weighted by atomic mass is 31.2. The zero-order valence-corrected chi connectivity index (χ0v) is 12.6. The van der Waals surface area contributed by atoms with Crippen molar-refractivity contribution in [2.75, 3.05) is 18.1 Å². The summed E-state index contributed by atoms with van der Waals surface area (Å²) in [4.78, 5) is 4.48. The van der Waals surface area contributed by atoms with Crippen molar-refractivity contribution in [1.29, 1.82) is 0 Å². The highest BCUT2D eigenvalue weighted by molar-refractivity contribution is 7.72. The lowest BCUT2D eigenvalue weighted by Crippen LogP contribution is -2.16. The second-order valence-electron chi connectivity index (χ2n) is 4.85. The first-order valence-corrected chi connectivity index (χ1v) is 8.56. The van der Waals surface area contributed by atoms with Crippen LogP contribution in [0.2, 0.25) is 0 Å². The van der Waals surface area contributed by atoms with Crippen molar-refractivity contribution in [3.63, 3.8) is 0 Å². The number of hydrogen-bond acceptors (Lipinski definition) is 3. The Labute approximate surface area is 119 Å². The molecular weight excluding hydrogens is 267 g/mol. The summed E-state index contributed by atoms with van der Waals surface area (Å²) in [6.45, 7) is 9.36. The fraction of sp³-hybridized carbons (Fsp3) is 0.188. The number of nitrogen functional groups attached to an aromatic ring is 1. The normalized spacial score (nSPS) is 11.4. The Morgan fingerprint density at radius 2 is 1.85 bits per heavy atom. The molecule has 0 bridgehead atoms. The van der Waals surface area contributed by atoms with Crippen LogP contribution in [0.15, 0.2) is 49.6 Å². The van der Waals surface area contributed by atoms with Crippen molar-refractivity contribution in [3.05, 3.63) is 55.3 Å². The predicted octanol–water partition coefficient (Wildman–Crippen LogP) is 3.49. The molecule has 0 aliphatic carbocycles. The molecule has 0 saturated heterocycles. The van der Waals surface area contributed by atoms with Crippen LogP contribution < -0.4 is 11.0 Å². The molecule has 0 saturated carbocycles. The number of hydrogen-bond donors (Lipinski definition) is 1. The fourth-order valence-corrected chi connectivity index (χ4v) is 4.96. The summed E-state index contributed by atoms with van der Waals surface area (Å²) in [5.74, 6) is 0. The maximum absolute atomic E-state index is 13.3. The summed E-state index contributed by atoms with van der Waals surface area (Å²) >= 11 is 0. The molecule has 2 aromatic rings. The van der Waals surface area contributed by atoms with E-state index < -0.39 is 7.14 Å². The van der Waals surface area contributed by atoms with Gasteiger partial charge in [0.1, 0.15) is 7.14 Å². The van der Waals surface area contributed by atoms with Crippen LogP contribution >= 0.6 is 7.14 Å². The van der Waals surface area contributed by atoms with Crippen LogP contribution in [0, 0.1) is 6.92 Å². The molecule has 4 heteroatoms. The second kappa shape index (κ2) is 5.64. The molecule has 0 radical (unpaired) electrons. The number of aromatic nitrogens is 1. The van der Waals surface area contributed by atoms with E-state index in [4.69, 9.17) is 5.73 Å². The summed E-state index contributed by atoms with van der Waals surface area (Å²) in [6.07, 6.45) is 4.20. The molecule has 104 valence electrons. The predicted molar refractivity (Wildman–Crippen MR) is 88.3 cm³/mol. The van der Waals surface area contributed by atoms with E-state index in [-0.39, 0.29) is 0 Å². The van der Waals surface area contributed by atoms with Gasteiger partial charge in [0, 0.05) is 34.4 Å². The van der Waals surface area contributed by atoms with Gasteiger partial charge in [-0.1, -0.05) is 18.2 Å². The standard InChI is InChI=1S/C16H19N2OP/c1-4-10-20(19,11-5-2)16-13-7-6-12(3)18-15(13)9-8-14(16)17/h4-9H,1-2,10-11,17H2,3H3. The van der Waals surface area contributed by atoms with E-state index in [0.717, 1.165) is 16.6 Å². The third-order valence-corrected chi connectivity index (χ3v) is 6.28. The number of allylic oxidation sites excluding steroid dienone is 2. The van der Waals surface area contributed by atoms with Gasteiger partial charge in [-0.15, -0.1) is 13.2 Å². The molecule has 0 amide bonds. The average molecular weight is 286 g/mol. The van der Waals surface area contributed by atoms with Crippen molar-refractivity contribution >= 4 is 29.0 Å². The van der Waals surface area contributed by atoms with Gasteiger partial charge in [0.15, 0.2) is 0 Å². The maximum Gasteiger partial charge on any atom is 0.125 e. The van der Waals surface area contributed by atoms with Gasteiger partial charge in [-0.3, -0.25) is 4.98 Å². The summed E-state index contributed by atoms with van der Waals surface area (Å²) in [5, 5.41) is 1.57. The van der Waals surface area contributed by atoms with Crippen molar-refractivity contribution in [3.8, 4) is 0 Å². The van der Waals surface area contributed by atoms with E-state index in [1.165, 1.54) is 0 Å². The molecule has 0 unspecified atom stereocenters. The Morgan fingerprint density at radius 3 is 2.45 bits per heavy atom. The molecule has 20 heavy (non-hydrogen) atoms. The van der Waals surface area contributed by atoms with Crippen molar-refractivity contribution in [2.45, 2.75) is 6.92 Å². The van der Waals surface area contributed by atoms with Crippen LogP contribution in [0.25, 0.3) is 10.9 Å². The molecule has 2 rings (SSSR count). The molecule has 0 atom stereocenters. The lowest BCUT2D eigenvalue weighted by Gasteiger charge is -2.19. The van der Waals surface area contributed by atoms with Crippen molar-refractivity contribution < 1.29 is 4.57 Å². The first kappa shape index (κ1) is 14.5. The number of nitrogens with zero attached hydrogens (tertiary/aromatic N) is 1. The highest BCUT2D eigenvalue weighted by Gasteiger charge is 2.26. The molecule has 1 heterocycles. The van der Waals surface area contributed by atoms with Crippen LogP contribution in [-0.4, -0.2) is 17.3 Å². The molecule has 1 aromatic heterocycles. The van der Waals surface area contributed by atoms with E-state index in [1.807, 2.05) is 25.1 Å². The van der Waals surface area contributed by atoms with Crippen LogP contribution in [0.3, 0.4) is 0 Å². The molecule has 1 aromatic carbocycles. The number of benzene rings is 1. The van der Waals surface area contributed by atoms with Gasteiger partial charge < -0.3 is 10.3 Å². The Bertz CT molecular complexity index is 708. The Morgan fingerprint density at radius 1 is 1.20 bits per heavy atom. The first-order valence-electron chi connectivity index (χ1n) is 6.48. The van der Waals surface area contributed by atoms with Gasteiger partial charge in [-0.05, 0) is 25.1 Å². The molecule has 0 aliphatic rings. The Balaban J connectivity index is 2.80. The highest BCUT2D eigenvalue weighted by Crippen LogP contribution is 2.47. The van der Waals surface area contributed by atoms with E-state index in [0.29, 0.717) is 23.3 Å². The lowest BCUT2D eigenvalue weighted by atomic mass is 10.2. The minimum Gasteiger partial charge on any atom is -0.398 e. The number of aryl methyl sites for hydroxylation is 1. The number of anilines is 1. The van der Waals surface area contributed by atoms with E-state index >= 15 is 0 Å².